The highest BCUT2D eigenvalue weighted by molar-refractivity contribution is 5.78. The van der Waals surface area contributed by atoms with Crippen LogP contribution in [0.25, 0.3) is 0 Å². The fourth-order valence-corrected chi connectivity index (χ4v) is 5.69. The van der Waals surface area contributed by atoms with Crippen LogP contribution in [0.2, 0.25) is 0 Å². The molecule has 0 fully saturated rings. The minimum absolute atomic E-state index is 0.141. The Hall–Kier alpha value is -2.15. The molecular weight excluding hydrogens is 626 g/mol. The van der Waals surface area contributed by atoms with Crippen LogP contribution < -0.4 is 0 Å². The molecule has 0 amide bonds. The minimum atomic E-state index is -0.667. The summed E-state index contributed by atoms with van der Waals surface area (Å²) in [7, 11) is 4.01. The van der Waals surface area contributed by atoms with Gasteiger partial charge < -0.3 is 19.1 Å². The zero-order valence-electron chi connectivity index (χ0n) is 34.0. The topological polar surface area (TPSA) is 82.1 Å². The number of hydrogen-bond acceptors (Lipinski definition) is 7. The second-order valence-electron chi connectivity index (χ2n) is 15.6. The second kappa shape index (κ2) is 30.5. The van der Waals surface area contributed by atoms with E-state index in [-0.39, 0.29) is 24.0 Å². The Morgan fingerprint density at radius 2 is 0.980 bits per heavy atom. The molecule has 0 bridgehead atoms. The van der Waals surface area contributed by atoms with Crippen LogP contribution in [0.15, 0.2) is 24.3 Å². The third-order valence-corrected chi connectivity index (χ3v) is 9.16. The third kappa shape index (κ3) is 27.6. The Bertz CT molecular complexity index is 862. The summed E-state index contributed by atoms with van der Waals surface area (Å²) in [6, 6.07) is 0. The van der Waals surface area contributed by atoms with Crippen molar-refractivity contribution in [1.29, 1.82) is 0 Å². The van der Waals surface area contributed by atoms with Gasteiger partial charge in [-0.25, -0.2) is 0 Å². The maximum absolute atomic E-state index is 12.7. The lowest BCUT2D eigenvalue weighted by Gasteiger charge is -2.20. The molecule has 0 unspecified atom stereocenters. The second-order valence-corrected chi connectivity index (χ2v) is 15.6. The SMILES string of the molecule is CCCCCCCCCOC(=O)C(C)(C)/C=C/CCCC(CCC/C=C/C(C)(C)C(=O)OCCCCCCCCC)OC(=O)CCCN(C)C. The van der Waals surface area contributed by atoms with Crippen LogP contribution in [-0.2, 0) is 28.6 Å². The number of ether oxygens (including phenoxy) is 3. The van der Waals surface area contributed by atoms with Gasteiger partial charge in [0, 0.05) is 6.42 Å². The van der Waals surface area contributed by atoms with E-state index in [0.717, 1.165) is 77.2 Å². The van der Waals surface area contributed by atoms with Crippen LogP contribution in [0.3, 0.4) is 0 Å². The molecule has 0 N–H and O–H groups in total. The highest BCUT2D eigenvalue weighted by Gasteiger charge is 2.27. The highest BCUT2D eigenvalue weighted by Crippen LogP contribution is 2.23. The molecule has 292 valence electrons. The molecule has 0 aromatic carbocycles. The number of nitrogens with zero attached hydrogens (tertiary/aromatic N) is 1. The predicted octanol–water partition coefficient (Wildman–Crippen LogP) is 11.3. The van der Waals surface area contributed by atoms with Gasteiger partial charge >= 0.3 is 17.9 Å². The molecule has 7 heteroatoms. The van der Waals surface area contributed by atoms with E-state index in [0.29, 0.717) is 19.6 Å². The maximum atomic E-state index is 12.7. The Balaban J connectivity index is 4.70. The molecule has 0 atom stereocenters. The summed E-state index contributed by atoms with van der Waals surface area (Å²) in [5, 5.41) is 0. The van der Waals surface area contributed by atoms with E-state index in [1.54, 1.807) is 0 Å². The van der Waals surface area contributed by atoms with Crippen LogP contribution in [-0.4, -0.2) is 62.8 Å². The lowest BCUT2D eigenvalue weighted by Crippen LogP contribution is -2.24. The van der Waals surface area contributed by atoms with Gasteiger partial charge in [-0.2, -0.15) is 0 Å². The molecule has 0 heterocycles. The van der Waals surface area contributed by atoms with Crippen LogP contribution in [0.1, 0.15) is 183 Å². The molecule has 0 spiro atoms. The first-order valence-corrected chi connectivity index (χ1v) is 20.4. The average Bonchev–Trinajstić information content (AvgIpc) is 3.06. The quantitative estimate of drug-likeness (QED) is 0.0291. The first-order chi connectivity index (χ1) is 23.9. The lowest BCUT2D eigenvalue weighted by molar-refractivity contribution is -0.152. The summed E-state index contributed by atoms with van der Waals surface area (Å²) in [6.45, 7) is 13.9. The van der Waals surface area contributed by atoms with Crippen molar-refractivity contribution in [3.8, 4) is 0 Å². The largest absolute Gasteiger partial charge is 0.465 e. The highest BCUT2D eigenvalue weighted by atomic mass is 16.5. The van der Waals surface area contributed by atoms with Crippen molar-refractivity contribution in [2.75, 3.05) is 33.9 Å². The number of esters is 3. The fraction of sp³-hybridized carbons (Fsp3) is 0.837. The monoisotopic (exact) mass is 706 g/mol. The molecule has 0 rings (SSSR count). The Labute approximate surface area is 308 Å². The van der Waals surface area contributed by atoms with Gasteiger partial charge in [0.15, 0.2) is 0 Å². The fourth-order valence-electron chi connectivity index (χ4n) is 5.69. The Morgan fingerprint density at radius 3 is 1.38 bits per heavy atom. The number of unbranched alkanes of at least 4 members (excludes halogenated alkanes) is 14. The van der Waals surface area contributed by atoms with E-state index < -0.39 is 10.8 Å². The van der Waals surface area contributed by atoms with Gasteiger partial charge in [-0.3, -0.25) is 14.4 Å². The normalized spacial score (nSPS) is 12.4. The number of carbonyl (C=O) groups is 3. The van der Waals surface area contributed by atoms with E-state index in [4.69, 9.17) is 14.2 Å². The van der Waals surface area contributed by atoms with Gasteiger partial charge in [0.25, 0.3) is 0 Å². The number of hydrogen-bond donors (Lipinski definition) is 0. The van der Waals surface area contributed by atoms with Crippen LogP contribution in [0, 0.1) is 10.8 Å². The number of rotatable bonds is 33. The minimum Gasteiger partial charge on any atom is -0.465 e. The molecular formula is C43H79NO6. The molecule has 7 nitrogen and oxygen atoms in total. The van der Waals surface area contributed by atoms with E-state index in [2.05, 4.69) is 30.9 Å². The first kappa shape index (κ1) is 47.8. The Morgan fingerprint density at radius 1 is 0.580 bits per heavy atom. The van der Waals surface area contributed by atoms with Gasteiger partial charge in [-0.15, -0.1) is 0 Å². The van der Waals surface area contributed by atoms with Gasteiger partial charge in [-0.1, -0.05) is 115 Å². The molecule has 0 aromatic heterocycles. The predicted molar refractivity (Wildman–Crippen MR) is 209 cm³/mol. The van der Waals surface area contributed by atoms with Gasteiger partial charge in [0.05, 0.1) is 24.0 Å². The average molecular weight is 706 g/mol. The van der Waals surface area contributed by atoms with Crippen LogP contribution in [0.4, 0.5) is 0 Å². The van der Waals surface area contributed by atoms with E-state index in [1.807, 2.05) is 53.9 Å². The van der Waals surface area contributed by atoms with E-state index >= 15 is 0 Å². The summed E-state index contributed by atoms with van der Waals surface area (Å²) in [5.41, 5.74) is -1.33. The van der Waals surface area contributed by atoms with Crippen molar-refractivity contribution in [2.24, 2.45) is 10.8 Å². The third-order valence-electron chi connectivity index (χ3n) is 9.16. The molecule has 0 saturated carbocycles. The first-order valence-electron chi connectivity index (χ1n) is 20.4. The summed E-state index contributed by atoms with van der Waals surface area (Å²) in [5.74, 6) is -0.499. The van der Waals surface area contributed by atoms with Crippen molar-refractivity contribution in [3.05, 3.63) is 24.3 Å². The molecule has 0 radical (unpaired) electrons. The van der Waals surface area contributed by atoms with Gasteiger partial charge in [-0.05, 0) is 106 Å². The maximum Gasteiger partial charge on any atom is 0.315 e. The van der Waals surface area contributed by atoms with Crippen molar-refractivity contribution in [1.82, 2.24) is 4.90 Å². The van der Waals surface area contributed by atoms with Crippen LogP contribution in [0.5, 0.6) is 0 Å². The molecule has 50 heavy (non-hydrogen) atoms. The number of carbonyl (C=O) groups excluding carboxylic acids is 3. The zero-order chi connectivity index (χ0) is 37.5. The summed E-state index contributed by atoms with van der Waals surface area (Å²) in [6.07, 6.45) is 30.6. The molecule has 0 aromatic rings. The standard InChI is InChI=1S/C43H79NO6/c1-9-11-13-15-17-19-27-36-48-40(46)42(3,4)33-25-21-23-30-38(50-39(45)32-29-35-44(7)8)31-24-22-26-34-43(5,6)41(47)49-37-28-20-18-16-14-12-10-2/h25-26,33-34,38H,9-24,27-32,35-37H2,1-8H3/b33-25+,34-26+. The summed E-state index contributed by atoms with van der Waals surface area (Å²) < 4.78 is 17.1. The van der Waals surface area contributed by atoms with E-state index in [1.165, 1.54) is 64.2 Å². The van der Waals surface area contributed by atoms with Crippen molar-refractivity contribution in [3.63, 3.8) is 0 Å². The smallest absolute Gasteiger partial charge is 0.315 e. The zero-order valence-corrected chi connectivity index (χ0v) is 34.0. The molecule has 0 aliphatic carbocycles. The van der Waals surface area contributed by atoms with Crippen LogP contribution >= 0.6 is 0 Å². The van der Waals surface area contributed by atoms with Crippen molar-refractivity contribution in [2.45, 2.75) is 189 Å². The Kier molecular flexibility index (Phi) is 29.2. The van der Waals surface area contributed by atoms with Gasteiger partial charge in [0.1, 0.15) is 6.10 Å². The molecule has 0 aliphatic heterocycles. The molecule has 0 saturated heterocycles. The van der Waals surface area contributed by atoms with E-state index in [9.17, 15) is 14.4 Å². The number of allylic oxidation sites excluding steroid dienone is 2. The lowest BCUT2D eigenvalue weighted by atomic mass is 9.92. The summed E-state index contributed by atoms with van der Waals surface area (Å²) in [4.78, 5) is 40.0. The van der Waals surface area contributed by atoms with Crippen molar-refractivity contribution >= 4 is 17.9 Å². The molecule has 0 aliphatic rings. The summed E-state index contributed by atoms with van der Waals surface area (Å²) >= 11 is 0. The van der Waals surface area contributed by atoms with Crippen molar-refractivity contribution < 1.29 is 28.6 Å². The van der Waals surface area contributed by atoms with Gasteiger partial charge in [0.2, 0.25) is 0 Å².